The number of hydrogen-bond acceptors (Lipinski definition) is 5. The van der Waals surface area contributed by atoms with Crippen LogP contribution in [0.4, 0.5) is 4.39 Å². The molecular formula is C19H19FN4O2S. The van der Waals surface area contributed by atoms with Gasteiger partial charge < -0.3 is 15.0 Å². The molecule has 1 amide bonds. The van der Waals surface area contributed by atoms with Crippen LogP contribution in [0.5, 0.6) is 0 Å². The van der Waals surface area contributed by atoms with E-state index in [1.165, 1.54) is 30.2 Å². The lowest BCUT2D eigenvalue weighted by atomic mass is 10.1. The number of thioether (sulfide) groups is 1. The molecule has 27 heavy (non-hydrogen) atoms. The van der Waals surface area contributed by atoms with Crippen molar-refractivity contribution in [2.45, 2.75) is 24.0 Å². The smallest absolute Gasteiger partial charge is 0.230 e. The molecule has 0 bridgehead atoms. The van der Waals surface area contributed by atoms with E-state index in [0.717, 1.165) is 41.6 Å². The first-order valence-corrected chi connectivity index (χ1v) is 9.78. The number of rotatable bonds is 6. The van der Waals surface area contributed by atoms with Gasteiger partial charge in [0, 0.05) is 24.9 Å². The van der Waals surface area contributed by atoms with Crippen molar-refractivity contribution in [2.75, 3.05) is 18.9 Å². The van der Waals surface area contributed by atoms with Crippen LogP contribution in [-0.2, 0) is 9.53 Å². The lowest BCUT2D eigenvalue weighted by Gasteiger charge is -2.10. The van der Waals surface area contributed by atoms with Gasteiger partial charge in [-0.15, -0.1) is 0 Å². The third-order valence-corrected chi connectivity index (χ3v) is 5.46. The second-order valence-corrected chi connectivity index (χ2v) is 7.30. The molecule has 0 unspecified atom stereocenters. The van der Waals surface area contributed by atoms with Crippen LogP contribution < -0.4 is 5.32 Å². The Kier molecular flexibility index (Phi) is 5.35. The molecule has 1 fully saturated rings. The largest absolute Gasteiger partial charge is 0.376 e. The molecule has 1 aromatic carbocycles. The summed E-state index contributed by atoms with van der Waals surface area (Å²) in [5, 5.41) is 3.61. The van der Waals surface area contributed by atoms with Crippen LogP contribution in [0, 0.1) is 5.82 Å². The van der Waals surface area contributed by atoms with Gasteiger partial charge in [-0.25, -0.2) is 14.4 Å². The fourth-order valence-electron chi connectivity index (χ4n) is 3.09. The topological polar surface area (TPSA) is 79.9 Å². The van der Waals surface area contributed by atoms with Crippen molar-refractivity contribution >= 4 is 28.7 Å². The average molecular weight is 386 g/mol. The van der Waals surface area contributed by atoms with Crippen molar-refractivity contribution in [1.82, 2.24) is 20.3 Å². The Morgan fingerprint density at radius 1 is 1.33 bits per heavy atom. The van der Waals surface area contributed by atoms with E-state index in [1.807, 2.05) is 6.20 Å². The number of benzene rings is 1. The fraction of sp³-hybridized carbons (Fsp3) is 0.316. The summed E-state index contributed by atoms with van der Waals surface area (Å²) in [5.41, 5.74) is 3.26. The molecule has 0 radical (unpaired) electrons. The van der Waals surface area contributed by atoms with Gasteiger partial charge in [-0.05, 0) is 30.5 Å². The molecule has 6 nitrogen and oxygen atoms in total. The first-order chi connectivity index (χ1) is 13.2. The predicted molar refractivity (Wildman–Crippen MR) is 102 cm³/mol. The maximum atomic E-state index is 13.2. The second kappa shape index (κ2) is 8.06. The third kappa shape index (κ3) is 4.12. The Morgan fingerprint density at radius 3 is 2.96 bits per heavy atom. The summed E-state index contributed by atoms with van der Waals surface area (Å²) in [4.78, 5) is 23.9. The van der Waals surface area contributed by atoms with Crippen LogP contribution in [0.3, 0.4) is 0 Å². The number of H-pyrrole nitrogens is 1. The summed E-state index contributed by atoms with van der Waals surface area (Å²) in [5.74, 6) is -0.0601. The maximum Gasteiger partial charge on any atom is 0.230 e. The van der Waals surface area contributed by atoms with Crippen LogP contribution >= 0.6 is 11.8 Å². The number of fused-ring (bicyclic) bond motifs is 1. The van der Waals surface area contributed by atoms with E-state index in [9.17, 15) is 9.18 Å². The molecule has 3 heterocycles. The molecule has 2 N–H and O–H groups in total. The fourth-order valence-corrected chi connectivity index (χ4v) is 3.88. The van der Waals surface area contributed by atoms with Crippen molar-refractivity contribution in [1.29, 1.82) is 0 Å². The van der Waals surface area contributed by atoms with Crippen molar-refractivity contribution < 1.29 is 13.9 Å². The molecule has 1 aliphatic rings. The number of halogens is 1. The molecule has 0 saturated carbocycles. The molecule has 2 aromatic heterocycles. The van der Waals surface area contributed by atoms with Gasteiger partial charge in [0.1, 0.15) is 22.7 Å². The highest BCUT2D eigenvalue weighted by molar-refractivity contribution is 8.00. The van der Waals surface area contributed by atoms with E-state index in [0.29, 0.717) is 11.6 Å². The zero-order chi connectivity index (χ0) is 18.6. The van der Waals surface area contributed by atoms with Crippen LogP contribution in [0.1, 0.15) is 12.8 Å². The maximum absolute atomic E-state index is 13.2. The van der Waals surface area contributed by atoms with Gasteiger partial charge in [-0.3, -0.25) is 4.79 Å². The van der Waals surface area contributed by atoms with Gasteiger partial charge in [0.2, 0.25) is 5.91 Å². The molecule has 8 heteroatoms. The lowest BCUT2D eigenvalue weighted by molar-refractivity contribution is -0.119. The molecule has 3 aromatic rings. The van der Waals surface area contributed by atoms with Gasteiger partial charge in [-0.2, -0.15) is 0 Å². The van der Waals surface area contributed by atoms with Crippen LogP contribution in [-0.4, -0.2) is 45.9 Å². The zero-order valence-electron chi connectivity index (χ0n) is 14.6. The minimum Gasteiger partial charge on any atom is -0.376 e. The number of aromatic nitrogens is 3. The SMILES string of the molecule is O=C(CSc1ncnc2c(-c3ccc(F)cc3)c[nH]c12)NC[C@@H]1CCCO1. The zero-order valence-corrected chi connectivity index (χ0v) is 15.4. The van der Waals surface area contributed by atoms with Crippen LogP contribution in [0.15, 0.2) is 41.8 Å². The first kappa shape index (κ1) is 17.9. The molecule has 1 saturated heterocycles. The first-order valence-electron chi connectivity index (χ1n) is 8.80. The Hall–Kier alpha value is -2.45. The summed E-state index contributed by atoms with van der Waals surface area (Å²) in [6.07, 6.45) is 5.49. The summed E-state index contributed by atoms with van der Waals surface area (Å²) < 4.78 is 18.7. The summed E-state index contributed by atoms with van der Waals surface area (Å²) in [6.45, 7) is 1.33. The molecule has 0 aliphatic carbocycles. The minimum absolute atomic E-state index is 0.0485. The highest BCUT2D eigenvalue weighted by Gasteiger charge is 2.17. The second-order valence-electron chi connectivity index (χ2n) is 6.34. The van der Waals surface area contributed by atoms with Gasteiger partial charge >= 0.3 is 0 Å². The van der Waals surface area contributed by atoms with E-state index in [-0.39, 0.29) is 23.6 Å². The molecule has 0 spiro atoms. The van der Waals surface area contributed by atoms with Gasteiger partial charge in [0.05, 0.1) is 17.4 Å². The van der Waals surface area contributed by atoms with E-state index < -0.39 is 0 Å². The van der Waals surface area contributed by atoms with Crippen LogP contribution in [0.2, 0.25) is 0 Å². The number of carbonyl (C=O) groups is 1. The van der Waals surface area contributed by atoms with Gasteiger partial charge in [0.25, 0.3) is 0 Å². The Morgan fingerprint density at radius 2 is 2.19 bits per heavy atom. The average Bonchev–Trinajstić information content (AvgIpc) is 3.35. The van der Waals surface area contributed by atoms with E-state index in [4.69, 9.17) is 4.74 Å². The number of aromatic amines is 1. The van der Waals surface area contributed by atoms with E-state index in [1.54, 1.807) is 12.1 Å². The molecular weight excluding hydrogens is 367 g/mol. The number of amides is 1. The standard InChI is InChI=1S/C19H19FN4O2S/c20-13-5-3-12(4-6-13)15-9-22-18-17(15)23-11-24-19(18)27-10-16(25)21-8-14-2-1-7-26-14/h3-6,9,11,14,22H,1-2,7-8,10H2,(H,21,25)/t14-/m0/s1. The molecule has 1 aliphatic heterocycles. The number of carbonyl (C=O) groups excluding carboxylic acids is 1. The highest BCUT2D eigenvalue weighted by Crippen LogP contribution is 2.31. The summed E-state index contributed by atoms with van der Waals surface area (Å²) >= 11 is 1.36. The molecule has 140 valence electrons. The van der Waals surface area contributed by atoms with Crippen LogP contribution in [0.25, 0.3) is 22.2 Å². The summed E-state index contributed by atoms with van der Waals surface area (Å²) in [6, 6.07) is 6.27. The van der Waals surface area contributed by atoms with Gasteiger partial charge in [0.15, 0.2) is 0 Å². The van der Waals surface area contributed by atoms with Crippen molar-refractivity contribution in [3.8, 4) is 11.1 Å². The van der Waals surface area contributed by atoms with Crippen molar-refractivity contribution in [3.05, 3.63) is 42.6 Å². The third-order valence-electron chi connectivity index (χ3n) is 4.47. The number of hydrogen-bond donors (Lipinski definition) is 2. The lowest BCUT2D eigenvalue weighted by Crippen LogP contribution is -2.32. The van der Waals surface area contributed by atoms with Gasteiger partial charge in [-0.1, -0.05) is 23.9 Å². The highest BCUT2D eigenvalue weighted by atomic mass is 32.2. The molecule has 4 rings (SSSR count). The molecule has 1 atom stereocenters. The number of nitrogens with zero attached hydrogens (tertiary/aromatic N) is 2. The minimum atomic E-state index is -0.279. The Bertz CT molecular complexity index is 939. The van der Waals surface area contributed by atoms with E-state index in [2.05, 4.69) is 20.3 Å². The predicted octanol–water partition coefficient (Wildman–Crippen LogP) is 3.15. The normalized spacial score (nSPS) is 16.7. The number of ether oxygens (including phenoxy) is 1. The van der Waals surface area contributed by atoms with Crippen molar-refractivity contribution in [2.24, 2.45) is 0 Å². The Labute approximate surface area is 159 Å². The monoisotopic (exact) mass is 386 g/mol. The number of nitrogens with one attached hydrogen (secondary N) is 2. The Balaban J connectivity index is 1.44. The van der Waals surface area contributed by atoms with Crippen molar-refractivity contribution in [3.63, 3.8) is 0 Å². The van der Waals surface area contributed by atoms with E-state index >= 15 is 0 Å². The quantitative estimate of drug-likeness (QED) is 0.503. The summed E-state index contributed by atoms with van der Waals surface area (Å²) in [7, 11) is 0.